The second-order valence-electron chi connectivity index (χ2n) is 2.03. The topological polar surface area (TPSA) is 66.9 Å². The molecule has 1 aromatic carbocycles. The molecular formula is C7H4Cl2N2O2. The Hall–Kier alpha value is -1.31. The molecule has 6 heteroatoms. The molecule has 0 atom stereocenters. The van der Waals surface area contributed by atoms with E-state index >= 15 is 0 Å². The van der Waals surface area contributed by atoms with Crippen LogP contribution in [0.15, 0.2) is 18.2 Å². The Morgan fingerprint density at radius 1 is 1.54 bits per heavy atom. The van der Waals surface area contributed by atoms with Crippen LogP contribution in [-0.2, 0) is 0 Å². The maximum absolute atomic E-state index is 10.2. The van der Waals surface area contributed by atoms with Crippen LogP contribution in [0.25, 0.3) is 0 Å². The number of benzene rings is 1. The molecule has 0 aliphatic rings. The number of rotatable bonds is 1. The van der Waals surface area contributed by atoms with Crippen molar-refractivity contribution in [3.05, 3.63) is 38.9 Å². The van der Waals surface area contributed by atoms with E-state index in [-0.39, 0.29) is 28.7 Å². The molecule has 0 amide bonds. The second-order valence-corrected chi connectivity index (χ2v) is 2.44. The summed E-state index contributed by atoms with van der Waals surface area (Å²) in [6.45, 7) is 0. The quantitative estimate of drug-likeness (QED) is 0.538. The van der Waals surface area contributed by atoms with Gasteiger partial charge in [0, 0.05) is 12.1 Å². The summed E-state index contributed by atoms with van der Waals surface area (Å²) in [5.74, 6) is 0. The predicted octanol–water partition coefficient (Wildman–Crippen LogP) is 2.54. The molecule has 68 valence electrons. The van der Waals surface area contributed by atoms with Gasteiger partial charge >= 0.3 is 0 Å². The average molecular weight is 219 g/mol. The predicted molar refractivity (Wildman–Crippen MR) is 50.1 cm³/mol. The Morgan fingerprint density at radius 3 is 2.54 bits per heavy atom. The fraction of sp³-hybridized carbons (Fsp3) is 0. The Labute approximate surface area is 85.3 Å². The molecule has 0 unspecified atom stereocenters. The summed E-state index contributed by atoms with van der Waals surface area (Å²) in [5, 5.41) is 18.8. The molecule has 1 rings (SSSR count). The minimum atomic E-state index is -0.562. The van der Waals surface area contributed by atoms with Gasteiger partial charge < -0.3 is 0 Å². The first-order valence-electron chi connectivity index (χ1n) is 2.99. The van der Waals surface area contributed by atoms with Gasteiger partial charge in [0.15, 0.2) is 0 Å². The van der Waals surface area contributed by atoms with E-state index in [1.54, 1.807) is 6.07 Å². The summed E-state index contributed by atoms with van der Waals surface area (Å²) in [4.78, 5) is 9.65. The molecule has 0 N–H and O–H groups in total. The van der Waals surface area contributed by atoms with Crippen molar-refractivity contribution >= 4 is 29.7 Å². The van der Waals surface area contributed by atoms with Crippen molar-refractivity contribution < 1.29 is 4.92 Å². The zero-order chi connectivity index (χ0) is 9.14. The van der Waals surface area contributed by atoms with E-state index in [2.05, 4.69) is 0 Å². The van der Waals surface area contributed by atoms with E-state index < -0.39 is 4.92 Å². The van der Waals surface area contributed by atoms with Gasteiger partial charge in [-0.25, -0.2) is 0 Å². The summed E-state index contributed by atoms with van der Waals surface area (Å²) in [6, 6.07) is 5.52. The zero-order valence-electron chi connectivity index (χ0n) is 6.23. The van der Waals surface area contributed by atoms with Crippen molar-refractivity contribution in [2.45, 2.75) is 0 Å². The summed E-state index contributed by atoms with van der Waals surface area (Å²) in [6.07, 6.45) is 0. The van der Waals surface area contributed by atoms with Crippen LogP contribution >= 0.6 is 24.0 Å². The molecule has 0 spiro atoms. The molecule has 0 saturated heterocycles. The molecular weight excluding hydrogens is 215 g/mol. The number of nitro groups is 1. The fourth-order valence-electron chi connectivity index (χ4n) is 0.708. The molecule has 0 aromatic heterocycles. The number of hydrogen-bond donors (Lipinski definition) is 0. The number of hydrogen-bond acceptors (Lipinski definition) is 3. The highest BCUT2D eigenvalue weighted by atomic mass is 35.5. The minimum Gasteiger partial charge on any atom is -0.258 e. The molecule has 0 heterocycles. The van der Waals surface area contributed by atoms with Gasteiger partial charge in [0.05, 0.1) is 15.5 Å². The second kappa shape index (κ2) is 4.65. The largest absolute Gasteiger partial charge is 0.271 e. The first-order valence-corrected chi connectivity index (χ1v) is 3.37. The molecule has 0 saturated carbocycles. The fourth-order valence-corrected chi connectivity index (χ4v) is 0.925. The zero-order valence-corrected chi connectivity index (χ0v) is 7.80. The van der Waals surface area contributed by atoms with Crippen LogP contribution in [0.1, 0.15) is 5.56 Å². The van der Waals surface area contributed by atoms with Crippen LogP contribution in [0.5, 0.6) is 0 Å². The molecule has 1 aromatic rings. The highest BCUT2D eigenvalue weighted by molar-refractivity contribution is 6.31. The highest BCUT2D eigenvalue weighted by Gasteiger charge is 2.08. The molecule has 13 heavy (non-hydrogen) atoms. The first-order chi connectivity index (χ1) is 5.65. The van der Waals surface area contributed by atoms with Gasteiger partial charge in [0.1, 0.15) is 6.07 Å². The van der Waals surface area contributed by atoms with E-state index in [1.165, 1.54) is 12.1 Å². The lowest BCUT2D eigenvalue weighted by Crippen LogP contribution is -1.88. The van der Waals surface area contributed by atoms with Crippen molar-refractivity contribution in [1.82, 2.24) is 0 Å². The summed E-state index contributed by atoms with van der Waals surface area (Å²) < 4.78 is 0. The van der Waals surface area contributed by atoms with Gasteiger partial charge in [-0.2, -0.15) is 5.26 Å². The van der Waals surface area contributed by atoms with Gasteiger partial charge in [-0.1, -0.05) is 11.6 Å². The van der Waals surface area contributed by atoms with Gasteiger partial charge in [-0.15, -0.1) is 12.4 Å². The van der Waals surface area contributed by atoms with Crippen LogP contribution in [-0.4, -0.2) is 4.92 Å². The van der Waals surface area contributed by atoms with Crippen LogP contribution in [0.2, 0.25) is 5.02 Å². The van der Waals surface area contributed by atoms with E-state index in [1.807, 2.05) is 0 Å². The number of nitro benzene ring substituents is 1. The third-order valence-corrected chi connectivity index (χ3v) is 1.60. The molecule has 0 bridgehead atoms. The number of halogens is 2. The van der Waals surface area contributed by atoms with Gasteiger partial charge in [0.2, 0.25) is 0 Å². The van der Waals surface area contributed by atoms with Crippen molar-refractivity contribution in [1.29, 1.82) is 5.26 Å². The SMILES string of the molecule is Cl.N#Cc1ccc([N+](=O)[O-])cc1Cl. The highest BCUT2D eigenvalue weighted by Crippen LogP contribution is 2.21. The third kappa shape index (κ3) is 2.58. The van der Waals surface area contributed by atoms with Crippen LogP contribution in [0, 0.1) is 21.4 Å². The molecule has 0 fully saturated rings. The summed E-state index contributed by atoms with van der Waals surface area (Å²) in [7, 11) is 0. The Kier molecular flexibility index (Phi) is 4.18. The number of nitriles is 1. The van der Waals surface area contributed by atoms with E-state index in [4.69, 9.17) is 16.9 Å². The number of nitrogens with zero attached hydrogens (tertiary/aromatic N) is 2. The van der Waals surface area contributed by atoms with Crippen LogP contribution < -0.4 is 0 Å². The van der Waals surface area contributed by atoms with Gasteiger partial charge in [0.25, 0.3) is 5.69 Å². The van der Waals surface area contributed by atoms with E-state index in [9.17, 15) is 10.1 Å². The van der Waals surface area contributed by atoms with Crippen molar-refractivity contribution in [2.75, 3.05) is 0 Å². The normalized spacial score (nSPS) is 8.31. The Morgan fingerprint density at radius 2 is 2.15 bits per heavy atom. The van der Waals surface area contributed by atoms with Gasteiger partial charge in [-0.05, 0) is 6.07 Å². The monoisotopic (exact) mass is 218 g/mol. The summed E-state index contributed by atoms with van der Waals surface area (Å²) >= 11 is 5.55. The van der Waals surface area contributed by atoms with Gasteiger partial charge in [-0.3, -0.25) is 10.1 Å². The molecule has 0 aliphatic carbocycles. The lowest BCUT2D eigenvalue weighted by Gasteiger charge is -1.93. The maximum Gasteiger partial charge on any atom is 0.271 e. The Balaban J connectivity index is 0.00000144. The average Bonchev–Trinajstić information content (AvgIpc) is 2.04. The first kappa shape index (κ1) is 11.7. The maximum atomic E-state index is 10.2. The molecule has 0 radical (unpaired) electrons. The lowest BCUT2D eigenvalue weighted by molar-refractivity contribution is -0.384. The standard InChI is InChI=1S/C7H3ClN2O2.ClH/c8-7-3-6(10(11)12)2-1-5(7)4-9;/h1-3H;1H. The van der Waals surface area contributed by atoms with Crippen molar-refractivity contribution in [3.8, 4) is 6.07 Å². The third-order valence-electron chi connectivity index (χ3n) is 1.28. The van der Waals surface area contributed by atoms with Crippen molar-refractivity contribution in [3.63, 3.8) is 0 Å². The van der Waals surface area contributed by atoms with Crippen LogP contribution in [0.4, 0.5) is 5.69 Å². The van der Waals surface area contributed by atoms with E-state index in [0.717, 1.165) is 6.07 Å². The number of non-ortho nitro benzene ring substituents is 1. The minimum absolute atomic E-state index is 0. The van der Waals surface area contributed by atoms with Crippen molar-refractivity contribution in [2.24, 2.45) is 0 Å². The van der Waals surface area contributed by atoms with Crippen LogP contribution in [0.3, 0.4) is 0 Å². The molecule has 4 nitrogen and oxygen atoms in total. The smallest absolute Gasteiger partial charge is 0.258 e. The lowest BCUT2D eigenvalue weighted by atomic mass is 10.2. The van der Waals surface area contributed by atoms with E-state index in [0.29, 0.717) is 0 Å². The Bertz CT molecular complexity index is 373. The molecule has 0 aliphatic heterocycles. The summed E-state index contributed by atoms with van der Waals surface area (Å²) in [5.41, 5.74) is 0.126.